The first-order chi connectivity index (χ1) is 8.81. The Morgan fingerprint density at radius 3 is 2.89 bits per heavy atom. The summed E-state index contributed by atoms with van der Waals surface area (Å²) < 4.78 is 2.03. The second-order valence-electron chi connectivity index (χ2n) is 4.69. The Morgan fingerprint density at radius 1 is 1.22 bits per heavy atom. The number of ketones is 1. The molecular formula is C15H16N2O. The standard InChI is InChI=1S/C15H16N2O/c1-2-10-17-14(8-9-16-17)12-4-3-5-13-11(12)6-7-15(13)18/h3-5,8-9H,2,6-7,10H2,1H3. The van der Waals surface area contributed by atoms with Crippen LogP contribution in [0.1, 0.15) is 35.7 Å². The Kier molecular flexibility index (Phi) is 2.74. The van der Waals surface area contributed by atoms with E-state index in [4.69, 9.17) is 0 Å². The first kappa shape index (κ1) is 11.2. The average Bonchev–Trinajstić information content (AvgIpc) is 2.98. The van der Waals surface area contributed by atoms with E-state index < -0.39 is 0 Å². The topological polar surface area (TPSA) is 34.9 Å². The molecule has 0 unspecified atom stereocenters. The van der Waals surface area contributed by atoms with Crippen molar-refractivity contribution in [1.82, 2.24) is 9.78 Å². The van der Waals surface area contributed by atoms with Gasteiger partial charge in [-0.1, -0.05) is 25.1 Å². The van der Waals surface area contributed by atoms with Gasteiger partial charge in [0.2, 0.25) is 0 Å². The van der Waals surface area contributed by atoms with Crippen molar-refractivity contribution in [3.63, 3.8) is 0 Å². The molecule has 3 heteroatoms. The van der Waals surface area contributed by atoms with Gasteiger partial charge in [0, 0.05) is 30.3 Å². The molecule has 0 fully saturated rings. The lowest BCUT2D eigenvalue weighted by molar-refractivity contribution is 0.0994. The zero-order valence-electron chi connectivity index (χ0n) is 10.5. The number of nitrogens with zero attached hydrogens (tertiary/aromatic N) is 2. The summed E-state index contributed by atoms with van der Waals surface area (Å²) in [4.78, 5) is 11.8. The molecule has 0 atom stereocenters. The fourth-order valence-electron chi connectivity index (χ4n) is 2.68. The molecule has 1 aliphatic carbocycles. The highest BCUT2D eigenvalue weighted by Gasteiger charge is 2.23. The van der Waals surface area contributed by atoms with Crippen LogP contribution in [0.15, 0.2) is 30.5 Å². The molecule has 0 aliphatic heterocycles. The molecule has 3 rings (SSSR count). The van der Waals surface area contributed by atoms with Gasteiger partial charge in [-0.2, -0.15) is 5.10 Å². The molecule has 0 saturated carbocycles. The fraction of sp³-hybridized carbons (Fsp3) is 0.333. The van der Waals surface area contributed by atoms with E-state index in [1.807, 2.05) is 29.1 Å². The molecule has 3 nitrogen and oxygen atoms in total. The first-order valence-corrected chi connectivity index (χ1v) is 6.48. The number of hydrogen-bond acceptors (Lipinski definition) is 2. The van der Waals surface area contributed by atoms with Crippen molar-refractivity contribution >= 4 is 5.78 Å². The second-order valence-corrected chi connectivity index (χ2v) is 4.69. The van der Waals surface area contributed by atoms with Crippen molar-refractivity contribution in [2.75, 3.05) is 0 Å². The lowest BCUT2D eigenvalue weighted by Gasteiger charge is -2.10. The van der Waals surface area contributed by atoms with Crippen molar-refractivity contribution in [2.45, 2.75) is 32.7 Å². The molecule has 1 heterocycles. The molecular weight excluding hydrogens is 224 g/mol. The van der Waals surface area contributed by atoms with Gasteiger partial charge in [-0.25, -0.2) is 0 Å². The summed E-state index contributed by atoms with van der Waals surface area (Å²) in [5.41, 5.74) is 4.39. The van der Waals surface area contributed by atoms with Crippen LogP contribution in [-0.4, -0.2) is 15.6 Å². The number of carbonyl (C=O) groups excluding carboxylic acids is 1. The van der Waals surface area contributed by atoms with E-state index >= 15 is 0 Å². The maximum atomic E-state index is 11.8. The summed E-state index contributed by atoms with van der Waals surface area (Å²) >= 11 is 0. The zero-order chi connectivity index (χ0) is 12.5. The van der Waals surface area contributed by atoms with Crippen LogP contribution in [0, 0.1) is 0 Å². The number of rotatable bonds is 3. The van der Waals surface area contributed by atoms with Crippen LogP contribution < -0.4 is 0 Å². The summed E-state index contributed by atoms with van der Waals surface area (Å²) in [6.07, 6.45) is 4.40. The van der Waals surface area contributed by atoms with E-state index in [1.54, 1.807) is 0 Å². The second kappa shape index (κ2) is 4.41. The van der Waals surface area contributed by atoms with Gasteiger partial charge in [0.25, 0.3) is 0 Å². The third-order valence-corrected chi connectivity index (χ3v) is 3.51. The normalized spacial score (nSPS) is 13.9. The summed E-state index contributed by atoms with van der Waals surface area (Å²) in [5, 5.41) is 4.36. The minimum Gasteiger partial charge on any atom is -0.294 e. The summed E-state index contributed by atoms with van der Waals surface area (Å²) in [6.45, 7) is 3.06. The van der Waals surface area contributed by atoms with Gasteiger partial charge in [0.15, 0.2) is 5.78 Å². The predicted octanol–water partition coefficient (Wildman–Crippen LogP) is 3.09. The van der Waals surface area contributed by atoms with Crippen molar-refractivity contribution in [1.29, 1.82) is 0 Å². The number of Topliss-reactive ketones (excluding diaryl/α,β-unsaturated/α-hetero) is 1. The zero-order valence-corrected chi connectivity index (χ0v) is 10.5. The molecule has 0 spiro atoms. The number of aromatic nitrogens is 2. The Morgan fingerprint density at radius 2 is 2.06 bits per heavy atom. The molecule has 1 aromatic heterocycles. The fourth-order valence-corrected chi connectivity index (χ4v) is 2.68. The molecule has 18 heavy (non-hydrogen) atoms. The van der Waals surface area contributed by atoms with E-state index in [0.29, 0.717) is 6.42 Å². The highest BCUT2D eigenvalue weighted by atomic mass is 16.1. The van der Waals surface area contributed by atoms with Gasteiger partial charge >= 0.3 is 0 Å². The predicted molar refractivity (Wildman–Crippen MR) is 70.6 cm³/mol. The Hall–Kier alpha value is -1.90. The quantitative estimate of drug-likeness (QED) is 0.826. The van der Waals surface area contributed by atoms with Gasteiger partial charge < -0.3 is 0 Å². The SMILES string of the molecule is CCCn1nccc1-c1cccc2c1CCC2=O. The lowest BCUT2D eigenvalue weighted by atomic mass is 10.0. The number of benzene rings is 1. The smallest absolute Gasteiger partial charge is 0.163 e. The molecule has 2 aromatic rings. The number of fused-ring (bicyclic) bond motifs is 1. The summed E-state index contributed by atoms with van der Waals surface area (Å²) in [6, 6.07) is 8.05. The van der Waals surface area contributed by atoms with Gasteiger partial charge in [-0.05, 0) is 24.5 Å². The third kappa shape index (κ3) is 1.67. The van der Waals surface area contributed by atoms with E-state index in [9.17, 15) is 4.79 Å². The van der Waals surface area contributed by atoms with E-state index in [-0.39, 0.29) is 5.78 Å². The van der Waals surface area contributed by atoms with Crippen LogP contribution in [0.3, 0.4) is 0 Å². The van der Waals surface area contributed by atoms with Crippen molar-refractivity contribution in [3.8, 4) is 11.3 Å². The molecule has 1 aliphatic rings. The highest BCUT2D eigenvalue weighted by molar-refractivity contribution is 6.02. The Labute approximate surface area is 106 Å². The third-order valence-electron chi connectivity index (χ3n) is 3.51. The van der Waals surface area contributed by atoms with E-state index in [0.717, 1.165) is 30.6 Å². The minimum atomic E-state index is 0.272. The number of hydrogen-bond donors (Lipinski definition) is 0. The van der Waals surface area contributed by atoms with Gasteiger partial charge in [-0.15, -0.1) is 0 Å². The molecule has 0 radical (unpaired) electrons. The largest absolute Gasteiger partial charge is 0.294 e. The first-order valence-electron chi connectivity index (χ1n) is 6.48. The number of carbonyl (C=O) groups is 1. The maximum absolute atomic E-state index is 11.8. The summed E-state index contributed by atoms with van der Waals surface area (Å²) in [7, 11) is 0. The molecule has 92 valence electrons. The van der Waals surface area contributed by atoms with Crippen LogP contribution in [0.25, 0.3) is 11.3 Å². The van der Waals surface area contributed by atoms with Crippen LogP contribution in [0.2, 0.25) is 0 Å². The van der Waals surface area contributed by atoms with E-state index in [2.05, 4.69) is 18.1 Å². The Balaban J connectivity index is 2.13. The molecule has 0 bridgehead atoms. The van der Waals surface area contributed by atoms with Crippen molar-refractivity contribution in [2.24, 2.45) is 0 Å². The summed E-state index contributed by atoms with van der Waals surface area (Å²) in [5.74, 6) is 0.272. The molecule has 0 saturated heterocycles. The van der Waals surface area contributed by atoms with Crippen LogP contribution in [-0.2, 0) is 13.0 Å². The lowest BCUT2D eigenvalue weighted by Crippen LogP contribution is -2.02. The van der Waals surface area contributed by atoms with Gasteiger partial charge in [0.05, 0.1) is 5.69 Å². The molecule has 0 N–H and O–H groups in total. The van der Waals surface area contributed by atoms with Crippen LogP contribution in [0.5, 0.6) is 0 Å². The van der Waals surface area contributed by atoms with Crippen LogP contribution >= 0.6 is 0 Å². The maximum Gasteiger partial charge on any atom is 0.163 e. The molecule has 1 aromatic carbocycles. The number of aryl methyl sites for hydroxylation is 1. The monoisotopic (exact) mass is 240 g/mol. The van der Waals surface area contributed by atoms with Gasteiger partial charge in [0.1, 0.15) is 0 Å². The van der Waals surface area contributed by atoms with Crippen molar-refractivity contribution in [3.05, 3.63) is 41.6 Å². The average molecular weight is 240 g/mol. The minimum absolute atomic E-state index is 0.272. The Bertz CT molecular complexity index is 598. The molecule has 0 amide bonds. The van der Waals surface area contributed by atoms with Gasteiger partial charge in [-0.3, -0.25) is 9.48 Å². The van der Waals surface area contributed by atoms with Crippen molar-refractivity contribution < 1.29 is 4.79 Å². The van der Waals surface area contributed by atoms with E-state index in [1.165, 1.54) is 11.1 Å². The highest BCUT2D eigenvalue weighted by Crippen LogP contribution is 2.32. The van der Waals surface area contributed by atoms with Crippen LogP contribution in [0.4, 0.5) is 0 Å².